The topological polar surface area (TPSA) is 3.24 Å². The number of fused-ring (bicyclic) bond motifs is 1. The quantitative estimate of drug-likeness (QED) is 0.661. The van der Waals surface area contributed by atoms with Crippen LogP contribution in [0.3, 0.4) is 0 Å². The average molecular weight is 191 g/mol. The number of allylic oxidation sites excluding steroid dienone is 1. The minimum Gasteiger partial charge on any atom is -0.357 e. The van der Waals surface area contributed by atoms with E-state index in [0.717, 1.165) is 12.4 Å². The van der Waals surface area contributed by atoms with Crippen LogP contribution in [0.1, 0.15) is 6.92 Å². The number of nitrogens with zero attached hydrogens (tertiary/aromatic N) is 1. The first kappa shape index (κ1) is 8.70. The van der Waals surface area contributed by atoms with Crippen LogP contribution >= 0.6 is 11.8 Å². The molecule has 1 aromatic carbocycles. The van der Waals surface area contributed by atoms with Crippen LogP contribution in [0.2, 0.25) is 0 Å². The fraction of sp³-hybridized carbons (Fsp3) is 0.273. The maximum Gasteiger partial charge on any atom is 0.0690 e. The molecule has 13 heavy (non-hydrogen) atoms. The van der Waals surface area contributed by atoms with Gasteiger partial charge in [0.05, 0.1) is 11.6 Å². The van der Waals surface area contributed by atoms with Gasteiger partial charge in [-0.1, -0.05) is 24.3 Å². The molecule has 1 aliphatic heterocycles. The SMILES string of the molecule is CC=CCN1CSc2ccccc21. The molecular formula is C11H13NS. The standard InChI is InChI=1S/C11H13NS/c1-2-3-8-12-9-13-11-7-5-4-6-10(11)12/h2-7H,8-9H2,1H3. The zero-order valence-electron chi connectivity index (χ0n) is 7.73. The van der Waals surface area contributed by atoms with E-state index >= 15 is 0 Å². The van der Waals surface area contributed by atoms with Crippen LogP contribution in [0.5, 0.6) is 0 Å². The molecule has 1 nitrogen and oxygen atoms in total. The summed E-state index contributed by atoms with van der Waals surface area (Å²) in [7, 11) is 0. The van der Waals surface area contributed by atoms with E-state index in [-0.39, 0.29) is 0 Å². The van der Waals surface area contributed by atoms with E-state index in [2.05, 4.69) is 48.2 Å². The van der Waals surface area contributed by atoms with E-state index in [1.165, 1.54) is 10.6 Å². The van der Waals surface area contributed by atoms with Crippen LogP contribution in [0.15, 0.2) is 41.3 Å². The highest BCUT2D eigenvalue weighted by atomic mass is 32.2. The first-order valence-electron chi connectivity index (χ1n) is 4.50. The van der Waals surface area contributed by atoms with Gasteiger partial charge in [0.1, 0.15) is 0 Å². The lowest BCUT2D eigenvalue weighted by atomic mass is 10.3. The molecule has 2 rings (SSSR count). The average Bonchev–Trinajstić information content (AvgIpc) is 2.58. The molecule has 0 aliphatic carbocycles. The molecule has 0 spiro atoms. The maximum absolute atomic E-state index is 2.39. The number of para-hydroxylation sites is 1. The van der Waals surface area contributed by atoms with Gasteiger partial charge in [-0.15, -0.1) is 11.8 Å². The van der Waals surface area contributed by atoms with Crippen molar-refractivity contribution in [2.75, 3.05) is 17.3 Å². The van der Waals surface area contributed by atoms with Crippen LogP contribution in [-0.2, 0) is 0 Å². The molecule has 1 aliphatic rings. The molecule has 68 valence electrons. The highest BCUT2D eigenvalue weighted by Crippen LogP contribution is 2.37. The third-order valence-corrected chi connectivity index (χ3v) is 3.24. The summed E-state index contributed by atoms with van der Waals surface area (Å²) < 4.78 is 0. The van der Waals surface area contributed by atoms with Crippen molar-refractivity contribution in [3.63, 3.8) is 0 Å². The third-order valence-electron chi connectivity index (χ3n) is 2.14. The first-order chi connectivity index (χ1) is 6.42. The highest BCUT2D eigenvalue weighted by molar-refractivity contribution is 7.99. The molecule has 0 amide bonds. The number of thioether (sulfide) groups is 1. The van der Waals surface area contributed by atoms with Gasteiger partial charge in [-0.3, -0.25) is 0 Å². The van der Waals surface area contributed by atoms with Gasteiger partial charge in [-0.05, 0) is 19.1 Å². The van der Waals surface area contributed by atoms with Gasteiger partial charge in [0, 0.05) is 11.4 Å². The molecule has 1 heterocycles. The summed E-state index contributed by atoms with van der Waals surface area (Å²) in [4.78, 5) is 3.80. The monoisotopic (exact) mass is 191 g/mol. The van der Waals surface area contributed by atoms with Crippen molar-refractivity contribution < 1.29 is 0 Å². The Morgan fingerprint density at radius 1 is 1.46 bits per heavy atom. The number of rotatable bonds is 2. The van der Waals surface area contributed by atoms with Crippen LogP contribution < -0.4 is 4.90 Å². The van der Waals surface area contributed by atoms with Crippen molar-refractivity contribution in [1.82, 2.24) is 0 Å². The van der Waals surface area contributed by atoms with Crippen molar-refractivity contribution >= 4 is 17.4 Å². The highest BCUT2D eigenvalue weighted by Gasteiger charge is 2.16. The molecule has 0 atom stereocenters. The second-order valence-electron chi connectivity index (χ2n) is 3.03. The van der Waals surface area contributed by atoms with Crippen LogP contribution in [0, 0.1) is 0 Å². The lowest BCUT2D eigenvalue weighted by molar-refractivity contribution is 1.01. The summed E-state index contributed by atoms with van der Waals surface area (Å²) in [5.74, 6) is 1.09. The van der Waals surface area contributed by atoms with Gasteiger partial charge < -0.3 is 4.90 Å². The summed E-state index contributed by atoms with van der Waals surface area (Å²) in [6, 6.07) is 8.59. The van der Waals surface area contributed by atoms with Gasteiger partial charge in [-0.2, -0.15) is 0 Å². The van der Waals surface area contributed by atoms with Gasteiger partial charge in [0.15, 0.2) is 0 Å². The van der Waals surface area contributed by atoms with Crippen molar-refractivity contribution in [3.05, 3.63) is 36.4 Å². The smallest absolute Gasteiger partial charge is 0.0690 e. The summed E-state index contributed by atoms with van der Waals surface area (Å²) in [6.07, 6.45) is 4.30. The summed E-state index contributed by atoms with van der Waals surface area (Å²) >= 11 is 1.92. The van der Waals surface area contributed by atoms with Crippen LogP contribution in [-0.4, -0.2) is 12.4 Å². The van der Waals surface area contributed by atoms with Crippen molar-refractivity contribution in [2.45, 2.75) is 11.8 Å². The first-order valence-corrected chi connectivity index (χ1v) is 5.48. The van der Waals surface area contributed by atoms with E-state index in [1.807, 2.05) is 11.8 Å². The summed E-state index contributed by atoms with van der Waals surface area (Å²) in [6.45, 7) is 3.09. The van der Waals surface area contributed by atoms with Crippen molar-refractivity contribution in [1.29, 1.82) is 0 Å². The molecule has 0 saturated heterocycles. The van der Waals surface area contributed by atoms with E-state index in [0.29, 0.717) is 0 Å². The Morgan fingerprint density at radius 2 is 2.31 bits per heavy atom. The van der Waals surface area contributed by atoms with Crippen molar-refractivity contribution in [2.24, 2.45) is 0 Å². The summed E-state index contributed by atoms with van der Waals surface area (Å²) in [5, 5.41) is 0. The lowest BCUT2D eigenvalue weighted by Gasteiger charge is -2.15. The fourth-order valence-corrected chi connectivity index (χ4v) is 2.50. The van der Waals surface area contributed by atoms with Crippen molar-refractivity contribution in [3.8, 4) is 0 Å². The lowest BCUT2D eigenvalue weighted by Crippen LogP contribution is -2.18. The second-order valence-corrected chi connectivity index (χ2v) is 4.02. The van der Waals surface area contributed by atoms with Gasteiger partial charge >= 0.3 is 0 Å². The molecule has 2 heteroatoms. The Bertz CT molecular complexity index is 320. The summed E-state index contributed by atoms with van der Waals surface area (Å²) in [5.41, 5.74) is 1.38. The molecule has 0 bridgehead atoms. The minimum absolute atomic E-state index is 1.03. The molecule has 0 unspecified atom stereocenters. The van der Waals surface area contributed by atoms with E-state index < -0.39 is 0 Å². The van der Waals surface area contributed by atoms with Crippen LogP contribution in [0.25, 0.3) is 0 Å². The van der Waals surface area contributed by atoms with Gasteiger partial charge in [0.2, 0.25) is 0 Å². The molecule has 0 radical (unpaired) electrons. The second kappa shape index (κ2) is 3.88. The Kier molecular flexibility index (Phi) is 2.60. The molecule has 0 N–H and O–H groups in total. The Labute approximate surface area is 83.4 Å². The molecule has 0 aromatic heterocycles. The number of hydrogen-bond acceptors (Lipinski definition) is 2. The van der Waals surface area contributed by atoms with E-state index in [4.69, 9.17) is 0 Å². The molecule has 1 aromatic rings. The Balaban J connectivity index is 2.18. The Morgan fingerprint density at radius 3 is 3.15 bits per heavy atom. The van der Waals surface area contributed by atoms with E-state index in [1.54, 1.807) is 0 Å². The normalized spacial score (nSPS) is 15.3. The van der Waals surface area contributed by atoms with Gasteiger partial charge in [0.25, 0.3) is 0 Å². The number of anilines is 1. The van der Waals surface area contributed by atoms with E-state index in [9.17, 15) is 0 Å². The number of hydrogen-bond donors (Lipinski definition) is 0. The maximum atomic E-state index is 2.39. The zero-order chi connectivity index (χ0) is 9.10. The Hall–Kier alpha value is -0.890. The largest absolute Gasteiger partial charge is 0.357 e. The fourth-order valence-electron chi connectivity index (χ4n) is 1.44. The third kappa shape index (κ3) is 1.73. The molecular weight excluding hydrogens is 178 g/mol. The predicted molar refractivity (Wildman–Crippen MR) is 59.3 cm³/mol. The molecule has 0 saturated carbocycles. The predicted octanol–water partition coefficient (Wildman–Crippen LogP) is 3.13. The number of benzene rings is 1. The van der Waals surface area contributed by atoms with Crippen LogP contribution in [0.4, 0.5) is 5.69 Å². The molecule has 0 fully saturated rings. The minimum atomic E-state index is 1.03. The van der Waals surface area contributed by atoms with Gasteiger partial charge in [-0.25, -0.2) is 0 Å². The zero-order valence-corrected chi connectivity index (χ0v) is 8.55.